The molecule has 7 atom stereocenters. The number of unbranched alkanes of at least 4 members (excludes halogenated alkanes) is 3. The summed E-state index contributed by atoms with van der Waals surface area (Å²) in [4.78, 5) is 44.7. The lowest BCUT2D eigenvalue weighted by atomic mass is 9.62. The van der Waals surface area contributed by atoms with E-state index in [1.54, 1.807) is 17.9 Å². The normalized spacial score (nSPS) is 33.4. The number of hydrogen-bond acceptors (Lipinski definition) is 6. The van der Waals surface area contributed by atoms with Crippen LogP contribution < -0.4 is 0 Å². The minimum Gasteiger partial charge on any atom is -0.465 e. The van der Waals surface area contributed by atoms with Crippen LogP contribution in [0.1, 0.15) is 66.2 Å². The molecule has 1 spiro atoms. The number of carbonyl (C=O) groups excluding carboxylic acids is 3. The zero-order valence-electron chi connectivity index (χ0n) is 22.4. The van der Waals surface area contributed by atoms with E-state index in [1.165, 1.54) is 4.90 Å². The summed E-state index contributed by atoms with van der Waals surface area (Å²) in [6.07, 6.45) is 8.17. The molecule has 3 saturated heterocycles. The Kier molecular flexibility index (Phi) is 9.04. The Bertz CT molecular complexity index is 861. The third-order valence-corrected chi connectivity index (χ3v) is 8.47. The maximum Gasteiger partial charge on any atom is 0.312 e. The van der Waals surface area contributed by atoms with Gasteiger partial charge in [0, 0.05) is 13.1 Å². The number of nitrogens with zero attached hydrogens (tertiary/aromatic N) is 2. The van der Waals surface area contributed by atoms with Gasteiger partial charge in [-0.15, -0.1) is 13.2 Å². The van der Waals surface area contributed by atoms with Crippen molar-refractivity contribution in [3.8, 4) is 0 Å². The van der Waals surface area contributed by atoms with Gasteiger partial charge in [-0.3, -0.25) is 14.4 Å². The molecule has 3 aliphatic rings. The summed E-state index contributed by atoms with van der Waals surface area (Å²) in [5, 5.41) is 10.0. The third kappa shape index (κ3) is 4.62. The standard InChI is InChI=1S/C28H44N2O6/c1-7-10-12-13-16-35-26(34)22-21-24(32)30(20(5)18-31)23(25(33)29(14-9-3)15-11-8-2)28(21)17-19(4)27(22,6)36-28/h7,9,19-23,31H,1,3,8,10-18H2,2,4-6H3/t19?,20-,21+,22-,23?,27+,28?/m1/s1. The number of aliphatic hydroxyl groups excluding tert-OH is 1. The summed E-state index contributed by atoms with van der Waals surface area (Å²) in [7, 11) is 0. The van der Waals surface area contributed by atoms with Crippen molar-refractivity contribution in [3.63, 3.8) is 0 Å². The van der Waals surface area contributed by atoms with Crippen LogP contribution in [0.25, 0.3) is 0 Å². The Labute approximate surface area is 215 Å². The smallest absolute Gasteiger partial charge is 0.312 e. The SMILES string of the molecule is C=CCCCCOC(=O)[C@H]1[C@H]2C(=O)N([C@H](C)CO)C(C(=O)N(CC=C)CCCC)C23CC(C)[C@]1(C)O3. The second-order valence-electron chi connectivity index (χ2n) is 10.9. The fraction of sp³-hybridized carbons (Fsp3) is 0.750. The zero-order valence-corrected chi connectivity index (χ0v) is 22.4. The molecule has 3 rings (SSSR count). The van der Waals surface area contributed by atoms with Crippen LogP contribution in [0.5, 0.6) is 0 Å². The minimum atomic E-state index is -1.13. The summed E-state index contributed by atoms with van der Waals surface area (Å²) in [5.41, 5.74) is -2.04. The highest BCUT2D eigenvalue weighted by Crippen LogP contribution is 2.65. The fourth-order valence-corrected chi connectivity index (χ4v) is 6.50. The van der Waals surface area contributed by atoms with Gasteiger partial charge in [0.15, 0.2) is 0 Å². The molecule has 0 aliphatic carbocycles. The second kappa shape index (κ2) is 11.5. The zero-order chi connectivity index (χ0) is 26.7. The van der Waals surface area contributed by atoms with E-state index in [0.29, 0.717) is 25.9 Å². The van der Waals surface area contributed by atoms with E-state index in [0.717, 1.165) is 25.7 Å². The van der Waals surface area contributed by atoms with Crippen LogP contribution in [-0.4, -0.2) is 82.3 Å². The van der Waals surface area contributed by atoms with E-state index in [1.807, 2.05) is 19.9 Å². The molecule has 202 valence electrons. The van der Waals surface area contributed by atoms with Gasteiger partial charge < -0.3 is 24.4 Å². The topological polar surface area (TPSA) is 96.4 Å². The van der Waals surface area contributed by atoms with Crippen LogP contribution >= 0.6 is 0 Å². The molecule has 2 bridgehead atoms. The fourth-order valence-electron chi connectivity index (χ4n) is 6.50. The van der Waals surface area contributed by atoms with Crippen molar-refractivity contribution < 1.29 is 29.0 Å². The van der Waals surface area contributed by atoms with E-state index in [-0.39, 0.29) is 30.9 Å². The highest BCUT2D eigenvalue weighted by molar-refractivity contribution is 5.98. The van der Waals surface area contributed by atoms with Crippen molar-refractivity contribution in [2.45, 2.75) is 89.5 Å². The first kappa shape index (κ1) is 28.4. The first-order chi connectivity index (χ1) is 17.1. The first-order valence-electron chi connectivity index (χ1n) is 13.4. The van der Waals surface area contributed by atoms with Crippen LogP contribution in [0.2, 0.25) is 0 Å². The predicted octanol–water partition coefficient (Wildman–Crippen LogP) is 3.09. The van der Waals surface area contributed by atoms with Crippen molar-refractivity contribution in [3.05, 3.63) is 25.3 Å². The van der Waals surface area contributed by atoms with Crippen molar-refractivity contribution in [2.24, 2.45) is 17.8 Å². The summed E-state index contributed by atoms with van der Waals surface area (Å²) >= 11 is 0. The van der Waals surface area contributed by atoms with E-state index < -0.39 is 41.1 Å². The molecular weight excluding hydrogens is 460 g/mol. The molecule has 0 saturated carbocycles. The Morgan fingerprint density at radius 2 is 2.03 bits per heavy atom. The van der Waals surface area contributed by atoms with Crippen LogP contribution in [0.4, 0.5) is 0 Å². The molecule has 8 nitrogen and oxygen atoms in total. The van der Waals surface area contributed by atoms with Crippen molar-refractivity contribution in [1.29, 1.82) is 0 Å². The first-order valence-corrected chi connectivity index (χ1v) is 13.4. The van der Waals surface area contributed by atoms with Gasteiger partial charge in [-0.2, -0.15) is 0 Å². The number of hydrogen-bond donors (Lipinski definition) is 1. The Hall–Kier alpha value is -2.19. The third-order valence-electron chi connectivity index (χ3n) is 8.47. The lowest BCUT2D eigenvalue weighted by Gasteiger charge is -2.38. The van der Waals surface area contributed by atoms with E-state index in [9.17, 15) is 19.5 Å². The molecule has 2 amide bonds. The molecule has 36 heavy (non-hydrogen) atoms. The molecule has 3 fully saturated rings. The van der Waals surface area contributed by atoms with Crippen LogP contribution in [-0.2, 0) is 23.9 Å². The summed E-state index contributed by atoms with van der Waals surface area (Å²) in [5.74, 6) is -2.64. The molecule has 0 aromatic rings. The van der Waals surface area contributed by atoms with E-state index >= 15 is 0 Å². The van der Waals surface area contributed by atoms with Gasteiger partial charge in [-0.25, -0.2) is 0 Å². The summed E-state index contributed by atoms with van der Waals surface area (Å²) in [6, 6.07) is -1.51. The molecule has 3 heterocycles. The molecule has 0 radical (unpaired) electrons. The summed E-state index contributed by atoms with van der Waals surface area (Å²) in [6.45, 7) is 16.1. The molecule has 0 aromatic carbocycles. The maximum atomic E-state index is 14.1. The number of amides is 2. The Balaban J connectivity index is 1.99. The number of esters is 1. The lowest BCUT2D eigenvalue weighted by molar-refractivity contribution is -0.163. The maximum absolute atomic E-state index is 14.1. The van der Waals surface area contributed by atoms with Gasteiger partial charge in [0.2, 0.25) is 11.8 Å². The van der Waals surface area contributed by atoms with Crippen molar-refractivity contribution in [1.82, 2.24) is 9.80 Å². The molecule has 1 N–H and O–H groups in total. The molecule has 0 aromatic heterocycles. The van der Waals surface area contributed by atoms with Crippen LogP contribution in [0, 0.1) is 17.8 Å². The van der Waals surface area contributed by atoms with Crippen molar-refractivity contribution in [2.75, 3.05) is 26.3 Å². The van der Waals surface area contributed by atoms with Gasteiger partial charge >= 0.3 is 5.97 Å². The van der Waals surface area contributed by atoms with E-state index in [4.69, 9.17) is 9.47 Å². The second-order valence-corrected chi connectivity index (χ2v) is 10.9. The van der Waals surface area contributed by atoms with E-state index in [2.05, 4.69) is 20.1 Å². The number of likely N-dealkylation sites (tertiary alicyclic amines) is 1. The molecule has 8 heteroatoms. The van der Waals surface area contributed by atoms with Gasteiger partial charge in [0.1, 0.15) is 17.6 Å². The van der Waals surface area contributed by atoms with Gasteiger partial charge in [-0.1, -0.05) is 32.4 Å². The number of rotatable bonds is 14. The highest BCUT2D eigenvalue weighted by Gasteiger charge is 2.80. The monoisotopic (exact) mass is 504 g/mol. The lowest BCUT2D eigenvalue weighted by Crippen LogP contribution is -2.58. The molecular formula is C28H44N2O6. The van der Waals surface area contributed by atoms with Gasteiger partial charge in [0.05, 0.1) is 30.8 Å². The average Bonchev–Trinajstić information content (AvgIpc) is 3.37. The number of allylic oxidation sites excluding steroid dienone is 1. The largest absolute Gasteiger partial charge is 0.465 e. The van der Waals surface area contributed by atoms with Crippen molar-refractivity contribution >= 4 is 17.8 Å². The number of fused-ring (bicyclic) bond motifs is 1. The van der Waals surface area contributed by atoms with Gasteiger partial charge in [-0.05, 0) is 51.9 Å². The number of carbonyl (C=O) groups is 3. The number of aliphatic hydroxyl groups is 1. The highest BCUT2D eigenvalue weighted by atomic mass is 16.6. The van der Waals surface area contributed by atoms with Crippen LogP contribution in [0.3, 0.4) is 0 Å². The molecule has 3 unspecified atom stereocenters. The Morgan fingerprint density at radius 1 is 1.31 bits per heavy atom. The number of ether oxygens (including phenoxy) is 2. The van der Waals surface area contributed by atoms with Gasteiger partial charge in [0.25, 0.3) is 0 Å². The predicted molar refractivity (Wildman–Crippen MR) is 137 cm³/mol. The molecule has 3 aliphatic heterocycles. The minimum absolute atomic E-state index is 0.0527. The average molecular weight is 505 g/mol. The summed E-state index contributed by atoms with van der Waals surface area (Å²) < 4.78 is 12.4. The van der Waals surface area contributed by atoms with Crippen LogP contribution in [0.15, 0.2) is 25.3 Å². The Morgan fingerprint density at radius 3 is 2.64 bits per heavy atom. The quantitative estimate of drug-likeness (QED) is 0.222.